The van der Waals surface area contributed by atoms with Crippen molar-refractivity contribution in [1.82, 2.24) is 5.16 Å². The van der Waals surface area contributed by atoms with E-state index in [0.29, 0.717) is 33.5 Å². The molecule has 0 fully saturated rings. The SMILES string of the molecule is Cc1cc2onc(CC(=O)Nc3cc(Cl)ccc3Oc3ccccc3)c2cc1C. The van der Waals surface area contributed by atoms with Crippen molar-refractivity contribution in [2.45, 2.75) is 20.3 Å². The first-order valence-electron chi connectivity index (χ1n) is 9.17. The number of nitrogens with one attached hydrogen (secondary N) is 1. The van der Waals surface area contributed by atoms with Crippen molar-refractivity contribution in [3.05, 3.63) is 82.5 Å². The van der Waals surface area contributed by atoms with Gasteiger partial charge in [-0.15, -0.1) is 0 Å². The van der Waals surface area contributed by atoms with Gasteiger partial charge in [0, 0.05) is 10.4 Å². The number of hydrogen-bond donors (Lipinski definition) is 1. The van der Waals surface area contributed by atoms with Crippen molar-refractivity contribution in [3.8, 4) is 11.5 Å². The molecule has 146 valence electrons. The highest BCUT2D eigenvalue weighted by Gasteiger charge is 2.16. The maximum atomic E-state index is 12.7. The zero-order valence-corrected chi connectivity index (χ0v) is 16.8. The molecule has 3 aromatic carbocycles. The number of amides is 1. The Balaban J connectivity index is 1.56. The van der Waals surface area contributed by atoms with Gasteiger partial charge in [-0.05, 0) is 67.4 Å². The monoisotopic (exact) mass is 406 g/mol. The van der Waals surface area contributed by atoms with Crippen molar-refractivity contribution >= 4 is 34.2 Å². The molecule has 0 aliphatic heterocycles. The van der Waals surface area contributed by atoms with E-state index in [1.807, 2.05) is 56.3 Å². The summed E-state index contributed by atoms with van der Waals surface area (Å²) in [6, 6.07) is 18.4. The van der Waals surface area contributed by atoms with Crippen LogP contribution in [0.15, 0.2) is 65.2 Å². The minimum absolute atomic E-state index is 0.0762. The second-order valence-electron chi connectivity index (χ2n) is 6.84. The van der Waals surface area contributed by atoms with Gasteiger partial charge in [0.1, 0.15) is 11.4 Å². The van der Waals surface area contributed by atoms with Crippen LogP contribution in [-0.4, -0.2) is 11.1 Å². The lowest BCUT2D eigenvalue weighted by atomic mass is 10.1. The molecule has 1 amide bonds. The number of nitrogens with zero attached hydrogens (tertiary/aromatic N) is 1. The predicted octanol–water partition coefficient (Wildman–Crippen LogP) is 6.07. The zero-order valence-electron chi connectivity index (χ0n) is 16.0. The van der Waals surface area contributed by atoms with E-state index < -0.39 is 0 Å². The number of hydrogen-bond acceptors (Lipinski definition) is 4. The molecule has 0 atom stereocenters. The first-order chi connectivity index (χ1) is 14.0. The second kappa shape index (κ2) is 7.97. The van der Waals surface area contributed by atoms with E-state index >= 15 is 0 Å². The lowest BCUT2D eigenvalue weighted by Gasteiger charge is -2.12. The van der Waals surface area contributed by atoms with Gasteiger partial charge >= 0.3 is 0 Å². The van der Waals surface area contributed by atoms with Crippen molar-refractivity contribution in [2.75, 3.05) is 5.32 Å². The van der Waals surface area contributed by atoms with Gasteiger partial charge in [-0.1, -0.05) is 35.0 Å². The molecule has 5 nitrogen and oxygen atoms in total. The van der Waals surface area contributed by atoms with E-state index in [1.54, 1.807) is 18.2 Å². The van der Waals surface area contributed by atoms with E-state index in [2.05, 4.69) is 10.5 Å². The normalized spacial score (nSPS) is 10.9. The topological polar surface area (TPSA) is 64.4 Å². The summed E-state index contributed by atoms with van der Waals surface area (Å²) >= 11 is 6.12. The molecule has 0 bridgehead atoms. The third-order valence-electron chi connectivity index (χ3n) is 4.68. The molecular formula is C23H19ClN2O3. The van der Waals surface area contributed by atoms with E-state index in [0.717, 1.165) is 16.5 Å². The molecule has 0 saturated carbocycles. The Kier molecular flexibility index (Phi) is 5.23. The summed E-state index contributed by atoms with van der Waals surface area (Å²) in [6.07, 6.45) is 0.0762. The van der Waals surface area contributed by atoms with Crippen LogP contribution in [0.5, 0.6) is 11.5 Å². The summed E-state index contributed by atoms with van der Waals surface area (Å²) in [5.41, 5.74) is 3.99. The number of halogens is 1. The smallest absolute Gasteiger partial charge is 0.230 e. The number of carbonyl (C=O) groups is 1. The minimum atomic E-state index is -0.237. The average Bonchev–Trinajstić information content (AvgIpc) is 3.06. The fourth-order valence-corrected chi connectivity index (χ4v) is 3.19. The summed E-state index contributed by atoms with van der Waals surface area (Å²) < 4.78 is 11.3. The molecule has 4 aromatic rings. The van der Waals surface area contributed by atoms with Crippen molar-refractivity contribution in [1.29, 1.82) is 0 Å². The number of carbonyl (C=O) groups excluding carboxylic acids is 1. The van der Waals surface area contributed by atoms with Crippen molar-refractivity contribution in [2.24, 2.45) is 0 Å². The van der Waals surface area contributed by atoms with Crippen LogP contribution in [0.25, 0.3) is 11.0 Å². The molecule has 6 heteroatoms. The summed E-state index contributed by atoms with van der Waals surface area (Å²) in [5, 5.41) is 8.29. The van der Waals surface area contributed by atoms with Crippen LogP contribution >= 0.6 is 11.6 Å². The van der Waals surface area contributed by atoms with E-state index in [9.17, 15) is 4.79 Å². The van der Waals surface area contributed by atoms with Crippen LogP contribution in [0, 0.1) is 13.8 Å². The van der Waals surface area contributed by atoms with Crippen LogP contribution in [0.1, 0.15) is 16.8 Å². The van der Waals surface area contributed by atoms with Gasteiger partial charge in [0.05, 0.1) is 12.1 Å². The Labute approximate surface area is 173 Å². The van der Waals surface area contributed by atoms with Crippen LogP contribution < -0.4 is 10.1 Å². The molecule has 1 heterocycles. The van der Waals surface area contributed by atoms with Gasteiger partial charge in [0.15, 0.2) is 11.3 Å². The lowest BCUT2D eigenvalue weighted by Crippen LogP contribution is -2.15. The highest BCUT2D eigenvalue weighted by molar-refractivity contribution is 6.31. The Hall–Kier alpha value is -3.31. The van der Waals surface area contributed by atoms with Crippen LogP contribution in [-0.2, 0) is 11.2 Å². The first-order valence-corrected chi connectivity index (χ1v) is 9.55. The van der Waals surface area contributed by atoms with E-state index in [4.69, 9.17) is 20.9 Å². The van der Waals surface area contributed by atoms with Gasteiger partial charge in [-0.25, -0.2) is 0 Å². The summed E-state index contributed by atoms with van der Waals surface area (Å²) in [6.45, 7) is 4.03. The van der Waals surface area contributed by atoms with Crippen LogP contribution in [0.3, 0.4) is 0 Å². The first kappa shape index (κ1) is 19.0. The maximum absolute atomic E-state index is 12.7. The Bertz CT molecular complexity index is 1190. The number of benzene rings is 3. The number of para-hydroxylation sites is 1. The second-order valence-corrected chi connectivity index (χ2v) is 7.28. The van der Waals surface area contributed by atoms with Gasteiger partial charge in [-0.2, -0.15) is 0 Å². The molecule has 0 aliphatic carbocycles. The molecule has 29 heavy (non-hydrogen) atoms. The standard InChI is InChI=1S/C23H19ClN2O3/c1-14-10-18-19(26-29-22(18)11-15(14)2)13-23(27)25-20-12-16(24)8-9-21(20)28-17-6-4-3-5-7-17/h3-12H,13H2,1-2H3,(H,25,27). The molecule has 0 radical (unpaired) electrons. The number of aryl methyl sites for hydroxylation is 2. The highest BCUT2D eigenvalue weighted by Crippen LogP contribution is 2.32. The molecule has 0 saturated heterocycles. The van der Waals surface area contributed by atoms with E-state index in [-0.39, 0.29) is 12.3 Å². The Morgan fingerprint density at radius 1 is 1.07 bits per heavy atom. The number of fused-ring (bicyclic) bond motifs is 1. The maximum Gasteiger partial charge on any atom is 0.230 e. The van der Waals surface area contributed by atoms with Crippen molar-refractivity contribution in [3.63, 3.8) is 0 Å². The molecular weight excluding hydrogens is 388 g/mol. The largest absolute Gasteiger partial charge is 0.455 e. The van der Waals surface area contributed by atoms with Gasteiger partial charge in [-0.3, -0.25) is 4.79 Å². The Morgan fingerprint density at radius 2 is 1.83 bits per heavy atom. The minimum Gasteiger partial charge on any atom is -0.455 e. The molecule has 1 N–H and O–H groups in total. The fraction of sp³-hybridized carbons (Fsp3) is 0.130. The molecule has 0 spiro atoms. The fourth-order valence-electron chi connectivity index (χ4n) is 3.02. The predicted molar refractivity (Wildman–Crippen MR) is 114 cm³/mol. The average molecular weight is 407 g/mol. The molecule has 1 aromatic heterocycles. The van der Waals surface area contributed by atoms with Gasteiger partial charge in [0.25, 0.3) is 0 Å². The van der Waals surface area contributed by atoms with Crippen LogP contribution in [0.2, 0.25) is 5.02 Å². The van der Waals surface area contributed by atoms with Gasteiger partial charge < -0.3 is 14.6 Å². The summed E-state index contributed by atoms with van der Waals surface area (Å²) in [7, 11) is 0. The molecule has 4 rings (SSSR count). The highest BCUT2D eigenvalue weighted by atomic mass is 35.5. The Morgan fingerprint density at radius 3 is 2.62 bits per heavy atom. The number of rotatable bonds is 5. The number of aromatic nitrogens is 1. The van der Waals surface area contributed by atoms with Gasteiger partial charge in [0.2, 0.25) is 5.91 Å². The summed E-state index contributed by atoms with van der Waals surface area (Å²) in [5.74, 6) is 0.933. The lowest BCUT2D eigenvalue weighted by molar-refractivity contribution is -0.115. The number of ether oxygens (including phenoxy) is 1. The van der Waals surface area contributed by atoms with Crippen LogP contribution in [0.4, 0.5) is 5.69 Å². The number of anilines is 1. The molecule has 0 unspecified atom stereocenters. The quantitative estimate of drug-likeness (QED) is 0.436. The van der Waals surface area contributed by atoms with E-state index in [1.165, 1.54) is 0 Å². The van der Waals surface area contributed by atoms with Crippen molar-refractivity contribution < 1.29 is 14.1 Å². The third-order valence-corrected chi connectivity index (χ3v) is 4.91. The third kappa shape index (κ3) is 4.25. The zero-order chi connectivity index (χ0) is 20.4. The summed E-state index contributed by atoms with van der Waals surface area (Å²) in [4.78, 5) is 12.7. The molecule has 0 aliphatic rings.